The third kappa shape index (κ3) is 6.51. The van der Waals surface area contributed by atoms with Crippen LogP contribution in [0, 0.1) is 5.92 Å². The van der Waals surface area contributed by atoms with E-state index < -0.39 is 11.7 Å². The molecule has 4 rings (SSSR count). The van der Waals surface area contributed by atoms with Crippen LogP contribution >= 0.6 is 0 Å². The lowest BCUT2D eigenvalue weighted by molar-refractivity contribution is -0.137. The maximum Gasteiger partial charge on any atom is 0.416 e. The number of halogens is 3. The summed E-state index contributed by atoms with van der Waals surface area (Å²) in [5, 5.41) is 0. The first-order valence-corrected chi connectivity index (χ1v) is 13.8. The first-order valence-electron chi connectivity index (χ1n) is 13.8. The fraction of sp³-hybridized carbons (Fsp3) is 0.412. The van der Waals surface area contributed by atoms with Gasteiger partial charge in [-0.05, 0) is 78.3 Å². The van der Waals surface area contributed by atoms with Crippen LogP contribution in [0.25, 0.3) is 0 Å². The van der Waals surface area contributed by atoms with Gasteiger partial charge in [-0.1, -0.05) is 93.6 Å². The lowest BCUT2D eigenvalue weighted by atomic mass is 9.62. The average molecular weight is 520 g/mol. The Morgan fingerprint density at radius 2 is 1.45 bits per heavy atom. The van der Waals surface area contributed by atoms with Gasteiger partial charge in [0.2, 0.25) is 0 Å². The molecule has 0 bridgehead atoms. The van der Waals surface area contributed by atoms with E-state index in [2.05, 4.69) is 68.8 Å². The maximum atomic E-state index is 13.0. The van der Waals surface area contributed by atoms with E-state index in [0.29, 0.717) is 12.3 Å². The van der Waals surface area contributed by atoms with Crippen LogP contribution in [0.5, 0.6) is 0 Å². The number of rotatable bonds is 11. The van der Waals surface area contributed by atoms with Gasteiger partial charge >= 0.3 is 6.18 Å². The molecule has 38 heavy (non-hydrogen) atoms. The number of allylic oxidation sites excluding steroid dienone is 1. The highest BCUT2D eigenvalue weighted by Crippen LogP contribution is 2.49. The zero-order valence-corrected chi connectivity index (χ0v) is 22.9. The molecule has 1 atom stereocenters. The molecule has 1 nitrogen and oxygen atoms in total. The van der Waals surface area contributed by atoms with E-state index in [9.17, 15) is 13.2 Å². The minimum Gasteiger partial charge on any atom is -0.378 e. The fourth-order valence-corrected chi connectivity index (χ4v) is 5.78. The van der Waals surface area contributed by atoms with Crippen molar-refractivity contribution in [1.29, 1.82) is 0 Å². The van der Waals surface area contributed by atoms with Gasteiger partial charge in [0.1, 0.15) is 0 Å². The summed E-state index contributed by atoms with van der Waals surface area (Å²) < 4.78 is 39.1. The van der Waals surface area contributed by atoms with Crippen LogP contribution in [-0.4, -0.2) is 18.5 Å². The van der Waals surface area contributed by atoms with Gasteiger partial charge < -0.3 is 4.90 Å². The molecule has 0 saturated heterocycles. The summed E-state index contributed by atoms with van der Waals surface area (Å²) in [5.41, 5.74) is 5.44. The first-order chi connectivity index (χ1) is 18.1. The molecule has 3 aromatic rings. The number of likely N-dealkylation sites (N-methyl/N-ethyl adjacent to an activating group) is 1. The zero-order valence-electron chi connectivity index (χ0n) is 22.9. The van der Waals surface area contributed by atoms with E-state index in [1.807, 2.05) is 18.2 Å². The molecular formula is C34H40F3N. The highest BCUT2D eigenvalue weighted by atomic mass is 19.4. The summed E-state index contributed by atoms with van der Waals surface area (Å²) in [6.07, 6.45) is 1.82. The number of nitrogens with zero attached hydrogens (tertiary/aromatic N) is 1. The molecule has 1 aliphatic carbocycles. The second-order valence-corrected chi connectivity index (χ2v) is 11.4. The summed E-state index contributed by atoms with van der Waals surface area (Å²) >= 11 is 0. The Labute approximate surface area is 226 Å². The van der Waals surface area contributed by atoms with Gasteiger partial charge in [-0.3, -0.25) is 0 Å². The van der Waals surface area contributed by atoms with Crippen molar-refractivity contribution < 1.29 is 13.2 Å². The summed E-state index contributed by atoms with van der Waals surface area (Å²) in [6.45, 7) is 9.92. The Bertz CT molecular complexity index is 1170. The van der Waals surface area contributed by atoms with E-state index in [-0.39, 0.29) is 11.3 Å². The molecule has 1 aliphatic rings. The average Bonchev–Trinajstić information content (AvgIpc) is 2.86. The normalized spacial score (nSPS) is 15.7. The minimum absolute atomic E-state index is 0.000774. The first kappa shape index (κ1) is 28.0. The van der Waals surface area contributed by atoms with Gasteiger partial charge in [0.15, 0.2) is 0 Å². The molecule has 4 heteroatoms. The third-order valence-electron chi connectivity index (χ3n) is 8.22. The monoisotopic (exact) mass is 519 g/mol. The van der Waals surface area contributed by atoms with Crippen molar-refractivity contribution in [3.05, 3.63) is 119 Å². The summed E-state index contributed by atoms with van der Waals surface area (Å²) in [4.78, 5) is 2.31. The van der Waals surface area contributed by atoms with Crippen molar-refractivity contribution in [3.63, 3.8) is 0 Å². The molecule has 0 amide bonds. The van der Waals surface area contributed by atoms with Crippen molar-refractivity contribution in [2.45, 2.75) is 69.9 Å². The highest BCUT2D eigenvalue weighted by Gasteiger charge is 2.42. The molecule has 0 spiro atoms. The van der Waals surface area contributed by atoms with Crippen LogP contribution in [0.1, 0.15) is 73.3 Å². The van der Waals surface area contributed by atoms with Gasteiger partial charge in [0, 0.05) is 24.7 Å². The maximum absolute atomic E-state index is 13.0. The van der Waals surface area contributed by atoms with Gasteiger partial charge in [0.25, 0.3) is 0 Å². The lowest BCUT2D eigenvalue weighted by Gasteiger charge is -2.47. The van der Waals surface area contributed by atoms with Crippen molar-refractivity contribution in [2.24, 2.45) is 5.92 Å². The van der Waals surface area contributed by atoms with Gasteiger partial charge in [0.05, 0.1) is 5.56 Å². The molecule has 1 fully saturated rings. The minimum atomic E-state index is -4.31. The third-order valence-corrected chi connectivity index (χ3v) is 8.22. The molecule has 0 N–H and O–H groups in total. The van der Waals surface area contributed by atoms with Crippen molar-refractivity contribution in [1.82, 2.24) is 4.90 Å². The highest BCUT2D eigenvalue weighted by molar-refractivity contribution is 5.39. The molecule has 0 aliphatic heterocycles. The second kappa shape index (κ2) is 11.8. The van der Waals surface area contributed by atoms with Crippen LogP contribution in [-0.2, 0) is 24.4 Å². The van der Waals surface area contributed by atoms with Crippen LogP contribution in [0.4, 0.5) is 13.2 Å². The Balaban J connectivity index is 1.46. The SMILES string of the molecule is C=C(N(C)CC[C@@H](Cc1ccc(C(F)(F)F)cc1)c1ccccc1)C1(c2ccc(CC(C)C)cc2)CCC1. The molecular weight excluding hydrogens is 479 g/mol. The Hall–Kier alpha value is -3.01. The largest absolute Gasteiger partial charge is 0.416 e. The van der Waals surface area contributed by atoms with Gasteiger partial charge in [-0.15, -0.1) is 0 Å². The predicted molar refractivity (Wildman–Crippen MR) is 151 cm³/mol. The zero-order chi connectivity index (χ0) is 27.3. The molecule has 0 heterocycles. The van der Waals surface area contributed by atoms with E-state index in [1.54, 1.807) is 12.1 Å². The van der Waals surface area contributed by atoms with Gasteiger partial charge in [-0.25, -0.2) is 0 Å². The molecule has 0 unspecified atom stereocenters. The molecule has 3 aromatic carbocycles. The Kier molecular flexibility index (Phi) is 8.70. The molecule has 202 valence electrons. The molecule has 1 saturated carbocycles. The van der Waals surface area contributed by atoms with E-state index in [0.717, 1.165) is 37.8 Å². The topological polar surface area (TPSA) is 3.24 Å². The standard InChI is InChI=1S/C34H40F3N/c1-25(2)23-27-11-15-31(16-12-27)33(20-8-21-33)26(3)38(4)22-19-30(29-9-6-5-7-10-29)24-28-13-17-32(18-14-28)34(35,36)37/h5-7,9-18,25,30H,3,8,19-24H2,1-2,4H3/t30-/m0/s1. The van der Waals surface area contributed by atoms with Crippen molar-refractivity contribution >= 4 is 0 Å². The van der Waals surface area contributed by atoms with Crippen LogP contribution in [0.3, 0.4) is 0 Å². The fourth-order valence-electron chi connectivity index (χ4n) is 5.78. The second-order valence-electron chi connectivity index (χ2n) is 11.4. The van der Waals surface area contributed by atoms with Crippen LogP contribution in [0.2, 0.25) is 0 Å². The predicted octanol–water partition coefficient (Wildman–Crippen LogP) is 9.19. The Morgan fingerprint density at radius 1 is 0.868 bits per heavy atom. The summed E-state index contributed by atoms with van der Waals surface area (Å²) in [7, 11) is 2.13. The number of hydrogen-bond acceptors (Lipinski definition) is 1. The number of hydrogen-bond donors (Lipinski definition) is 0. The van der Waals surface area contributed by atoms with E-state index in [4.69, 9.17) is 0 Å². The van der Waals surface area contributed by atoms with Crippen LogP contribution in [0.15, 0.2) is 91.1 Å². The van der Waals surface area contributed by atoms with E-state index >= 15 is 0 Å². The molecule has 0 radical (unpaired) electrons. The van der Waals surface area contributed by atoms with Crippen molar-refractivity contribution in [2.75, 3.05) is 13.6 Å². The summed E-state index contributed by atoms with van der Waals surface area (Å²) in [6, 6.07) is 25.1. The number of alkyl halides is 3. The quantitative estimate of drug-likeness (QED) is 0.244. The summed E-state index contributed by atoms with van der Waals surface area (Å²) in [5.74, 6) is 0.843. The lowest BCUT2D eigenvalue weighted by Crippen LogP contribution is -2.42. The van der Waals surface area contributed by atoms with E-state index in [1.165, 1.54) is 40.9 Å². The van der Waals surface area contributed by atoms with Crippen molar-refractivity contribution in [3.8, 4) is 0 Å². The smallest absolute Gasteiger partial charge is 0.378 e. The number of benzene rings is 3. The van der Waals surface area contributed by atoms with Crippen LogP contribution < -0.4 is 0 Å². The Morgan fingerprint density at radius 3 is 1.97 bits per heavy atom. The van der Waals surface area contributed by atoms with Gasteiger partial charge in [-0.2, -0.15) is 13.2 Å². The molecule has 0 aromatic heterocycles.